The minimum absolute atomic E-state index is 0.137. The van der Waals surface area contributed by atoms with Crippen molar-refractivity contribution in [3.05, 3.63) is 59.6 Å². The van der Waals surface area contributed by atoms with Crippen molar-refractivity contribution in [2.45, 2.75) is 38.5 Å². The van der Waals surface area contributed by atoms with Crippen LogP contribution in [0.3, 0.4) is 0 Å². The molecule has 0 radical (unpaired) electrons. The maximum atomic E-state index is 13.0. The number of hydrogen-bond donors (Lipinski definition) is 1. The van der Waals surface area contributed by atoms with Crippen molar-refractivity contribution in [1.29, 1.82) is 0 Å². The van der Waals surface area contributed by atoms with Gasteiger partial charge in [0.05, 0.1) is 5.57 Å². The van der Waals surface area contributed by atoms with E-state index in [-0.39, 0.29) is 11.2 Å². The molecule has 2 unspecified atom stereocenters. The molecule has 0 saturated heterocycles. The molecule has 1 saturated carbocycles. The van der Waals surface area contributed by atoms with Gasteiger partial charge in [0.25, 0.3) is 0 Å². The van der Waals surface area contributed by atoms with Crippen molar-refractivity contribution in [2.75, 3.05) is 12.3 Å². The van der Waals surface area contributed by atoms with Crippen LogP contribution in [0, 0.1) is 17.2 Å². The summed E-state index contributed by atoms with van der Waals surface area (Å²) in [5.41, 5.74) is 1.94. The number of thioether (sulfide) groups is 1. The largest absolute Gasteiger partial charge is 0.478 e. The number of aliphatic carboxylic acids is 1. The van der Waals surface area contributed by atoms with Crippen LogP contribution in [0.25, 0.3) is 0 Å². The molecule has 1 aliphatic heterocycles. The van der Waals surface area contributed by atoms with E-state index in [0.29, 0.717) is 16.9 Å². The van der Waals surface area contributed by atoms with E-state index >= 15 is 0 Å². The lowest BCUT2D eigenvalue weighted by molar-refractivity contribution is -0.133. The first-order chi connectivity index (χ1) is 12.4. The van der Waals surface area contributed by atoms with Crippen LogP contribution in [-0.2, 0) is 11.2 Å². The fraction of sp³-hybridized carbons (Fsp3) is 0.476. The van der Waals surface area contributed by atoms with E-state index in [0.717, 1.165) is 30.7 Å². The Hall–Kier alpha value is -1.75. The molecule has 2 atom stereocenters. The minimum Gasteiger partial charge on any atom is -0.478 e. The zero-order valence-electron chi connectivity index (χ0n) is 15.3. The van der Waals surface area contributed by atoms with Gasteiger partial charge >= 0.3 is 5.97 Å². The number of rotatable bonds is 8. The van der Waals surface area contributed by atoms with Gasteiger partial charge in [0.1, 0.15) is 11.2 Å². The van der Waals surface area contributed by atoms with Crippen LogP contribution in [0.2, 0.25) is 0 Å². The predicted molar refractivity (Wildman–Crippen MR) is 104 cm³/mol. The van der Waals surface area contributed by atoms with Crippen molar-refractivity contribution in [1.82, 2.24) is 4.90 Å². The summed E-state index contributed by atoms with van der Waals surface area (Å²) in [5.74, 6) is 0.436. The number of nitrogens with zero attached hydrogens (tertiary/aromatic N) is 1. The second kappa shape index (κ2) is 7.87. The quantitative estimate of drug-likeness (QED) is 0.669. The van der Waals surface area contributed by atoms with Crippen molar-refractivity contribution in [3.8, 4) is 0 Å². The summed E-state index contributed by atoms with van der Waals surface area (Å²) in [7, 11) is 0. The summed E-state index contributed by atoms with van der Waals surface area (Å²) in [6.45, 7) is 5.44. The zero-order valence-corrected chi connectivity index (χ0v) is 16.1. The highest BCUT2D eigenvalue weighted by atomic mass is 32.2. The number of halogens is 1. The van der Waals surface area contributed by atoms with Gasteiger partial charge in [-0.3, -0.25) is 0 Å². The molecule has 1 aromatic rings. The zero-order chi connectivity index (χ0) is 18.7. The number of carboxylic acids is 1. The van der Waals surface area contributed by atoms with E-state index in [1.807, 2.05) is 24.4 Å². The molecule has 3 nitrogen and oxygen atoms in total. The monoisotopic (exact) mass is 375 g/mol. The van der Waals surface area contributed by atoms with Gasteiger partial charge < -0.3 is 10.0 Å². The Morgan fingerprint density at radius 3 is 2.65 bits per heavy atom. The molecule has 1 aromatic carbocycles. The molecule has 0 spiro atoms. The molecule has 2 aliphatic rings. The summed E-state index contributed by atoms with van der Waals surface area (Å²) in [6.07, 6.45) is 8.59. The van der Waals surface area contributed by atoms with Crippen molar-refractivity contribution in [3.63, 3.8) is 0 Å². The Kier molecular flexibility index (Phi) is 5.76. The van der Waals surface area contributed by atoms with E-state index in [4.69, 9.17) is 0 Å². The summed E-state index contributed by atoms with van der Waals surface area (Å²) in [6, 6.07) is 6.60. The average Bonchev–Trinajstić information content (AvgIpc) is 3.20. The fourth-order valence-corrected chi connectivity index (χ4v) is 4.62. The number of allylic oxidation sites excluding steroid dienone is 2. The van der Waals surface area contributed by atoms with Gasteiger partial charge in [0.15, 0.2) is 0 Å². The van der Waals surface area contributed by atoms with E-state index in [1.165, 1.54) is 18.6 Å². The number of carbonyl (C=O) groups is 1. The van der Waals surface area contributed by atoms with Crippen molar-refractivity contribution < 1.29 is 14.3 Å². The maximum absolute atomic E-state index is 13.0. The lowest BCUT2D eigenvalue weighted by Gasteiger charge is -2.33. The van der Waals surface area contributed by atoms with Gasteiger partial charge in [-0.15, -0.1) is 11.8 Å². The van der Waals surface area contributed by atoms with Crippen LogP contribution < -0.4 is 0 Å². The van der Waals surface area contributed by atoms with E-state index in [1.54, 1.807) is 17.8 Å². The van der Waals surface area contributed by atoms with Crippen LogP contribution in [0.15, 0.2) is 48.2 Å². The highest BCUT2D eigenvalue weighted by Crippen LogP contribution is 2.52. The van der Waals surface area contributed by atoms with Gasteiger partial charge in [-0.2, -0.15) is 0 Å². The topological polar surface area (TPSA) is 40.5 Å². The Balaban J connectivity index is 1.56. The fourth-order valence-electron chi connectivity index (χ4n) is 3.38. The lowest BCUT2D eigenvalue weighted by atomic mass is 10.1. The third-order valence-corrected chi connectivity index (χ3v) is 6.68. The number of aryl methyl sites for hydroxylation is 1. The second-order valence-corrected chi connectivity index (χ2v) is 9.00. The van der Waals surface area contributed by atoms with E-state index in [9.17, 15) is 14.3 Å². The third kappa shape index (κ3) is 4.70. The first-order valence-corrected chi connectivity index (χ1v) is 10.2. The summed E-state index contributed by atoms with van der Waals surface area (Å²) in [5, 5.41) is 9.42. The van der Waals surface area contributed by atoms with Crippen LogP contribution in [0.1, 0.15) is 32.3 Å². The molecule has 1 aliphatic carbocycles. The van der Waals surface area contributed by atoms with E-state index < -0.39 is 5.97 Å². The molecular weight excluding hydrogens is 349 g/mol. The van der Waals surface area contributed by atoms with Crippen LogP contribution >= 0.6 is 11.8 Å². The first-order valence-electron chi connectivity index (χ1n) is 9.10. The van der Waals surface area contributed by atoms with Gasteiger partial charge in [0, 0.05) is 12.7 Å². The Morgan fingerprint density at radius 1 is 1.35 bits per heavy atom. The molecule has 0 aromatic heterocycles. The molecule has 140 valence electrons. The molecule has 3 rings (SSSR count). The van der Waals surface area contributed by atoms with Crippen LogP contribution in [0.4, 0.5) is 4.39 Å². The third-order valence-electron chi connectivity index (χ3n) is 5.32. The van der Waals surface area contributed by atoms with Crippen molar-refractivity contribution in [2.24, 2.45) is 11.3 Å². The normalized spacial score (nSPS) is 23.7. The lowest BCUT2D eigenvalue weighted by Crippen LogP contribution is -2.36. The molecule has 0 bridgehead atoms. The van der Waals surface area contributed by atoms with Gasteiger partial charge in [-0.25, -0.2) is 9.18 Å². The van der Waals surface area contributed by atoms with Gasteiger partial charge in [0.2, 0.25) is 0 Å². The second-order valence-electron chi connectivity index (χ2n) is 7.81. The van der Waals surface area contributed by atoms with Crippen molar-refractivity contribution >= 4 is 17.7 Å². The Bertz CT molecular complexity index is 711. The first kappa shape index (κ1) is 19.0. The average molecular weight is 376 g/mol. The Morgan fingerprint density at radius 2 is 2.04 bits per heavy atom. The van der Waals surface area contributed by atoms with Crippen LogP contribution in [0.5, 0.6) is 0 Å². The highest BCUT2D eigenvalue weighted by molar-refractivity contribution is 8.00. The standard InChI is InChI=1S/C21H26FNO2S/c1-21(2)13-16(21)14-23-11-3-6-18(20(24)25)19(23)26-12-4-5-15-7-9-17(22)10-8-15/h3,6-11,16,19H,4-5,12-14H2,1-2H3,(H,24,25). The Labute approximate surface area is 159 Å². The maximum Gasteiger partial charge on any atom is 0.334 e. The smallest absolute Gasteiger partial charge is 0.334 e. The minimum atomic E-state index is -0.842. The van der Waals surface area contributed by atoms with Gasteiger partial charge in [-0.05, 0) is 66.2 Å². The number of hydrogen-bond acceptors (Lipinski definition) is 3. The molecule has 1 N–H and O–H groups in total. The number of benzene rings is 1. The van der Waals surface area contributed by atoms with Gasteiger partial charge in [-0.1, -0.05) is 26.0 Å². The molecular formula is C21H26FNO2S. The highest BCUT2D eigenvalue weighted by Gasteiger charge is 2.47. The molecule has 1 heterocycles. The SMILES string of the molecule is CC1(C)CC1CN1C=CC=C(C(=O)O)C1SCCCc1ccc(F)cc1. The summed E-state index contributed by atoms with van der Waals surface area (Å²) >= 11 is 1.69. The summed E-state index contributed by atoms with van der Waals surface area (Å²) < 4.78 is 13.0. The molecule has 0 amide bonds. The van der Waals surface area contributed by atoms with E-state index in [2.05, 4.69) is 18.7 Å². The number of carboxylic acid groups (broad SMARTS) is 1. The molecule has 1 fully saturated rings. The molecule has 5 heteroatoms. The molecule has 26 heavy (non-hydrogen) atoms. The van der Waals surface area contributed by atoms with Crippen LogP contribution in [-0.4, -0.2) is 33.6 Å². The predicted octanol–water partition coefficient (Wildman–Crippen LogP) is 4.70. The summed E-state index contributed by atoms with van der Waals surface area (Å²) in [4.78, 5) is 13.8.